The number of hydrogen-bond donors (Lipinski definition) is 0. The zero-order valence-corrected chi connectivity index (χ0v) is 14.0. The lowest BCUT2D eigenvalue weighted by Crippen LogP contribution is -2.32. The van der Waals surface area contributed by atoms with Crippen LogP contribution in [-0.4, -0.2) is 34.0 Å². The van der Waals surface area contributed by atoms with Crippen molar-refractivity contribution >= 4 is 21.6 Å². The second-order valence-electron chi connectivity index (χ2n) is 5.48. The Morgan fingerprint density at radius 2 is 2.14 bits per heavy atom. The summed E-state index contributed by atoms with van der Waals surface area (Å²) in [6, 6.07) is 4.57. The van der Waals surface area contributed by atoms with Crippen molar-refractivity contribution in [2.45, 2.75) is 30.7 Å². The van der Waals surface area contributed by atoms with Crippen molar-refractivity contribution in [3.8, 4) is 0 Å². The molecule has 118 valence electrons. The highest BCUT2D eigenvalue weighted by atomic mass is 35.5. The van der Waals surface area contributed by atoms with Crippen LogP contribution in [-0.2, 0) is 17.1 Å². The fourth-order valence-corrected chi connectivity index (χ4v) is 5.00. The topological polar surface area (TPSA) is 68.1 Å². The van der Waals surface area contributed by atoms with E-state index < -0.39 is 10.0 Å². The van der Waals surface area contributed by atoms with E-state index in [2.05, 4.69) is 10.2 Å². The Morgan fingerprint density at radius 3 is 2.77 bits per heavy atom. The predicted octanol–water partition coefficient (Wildman–Crippen LogP) is 2.30. The average molecular weight is 341 g/mol. The molecular formula is C14H17ClN4O2S. The van der Waals surface area contributed by atoms with Crippen LogP contribution in [0.3, 0.4) is 0 Å². The van der Waals surface area contributed by atoms with Crippen molar-refractivity contribution in [2.75, 3.05) is 6.54 Å². The van der Waals surface area contributed by atoms with Crippen LogP contribution >= 0.6 is 11.6 Å². The largest absolute Gasteiger partial charge is 0.319 e. The lowest BCUT2D eigenvalue weighted by atomic mass is 10.2. The Labute approximate surface area is 134 Å². The van der Waals surface area contributed by atoms with Gasteiger partial charge < -0.3 is 4.57 Å². The van der Waals surface area contributed by atoms with Gasteiger partial charge in [-0.25, -0.2) is 8.42 Å². The predicted molar refractivity (Wildman–Crippen MR) is 83.1 cm³/mol. The SMILES string of the molecule is Cc1cc(Cl)ccc1S(=O)(=O)N1CCCC1c1nncn1C. The summed E-state index contributed by atoms with van der Waals surface area (Å²) in [5, 5.41) is 8.47. The maximum Gasteiger partial charge on any atom is 0.244 e. The first-order valence-corrected chi connectivity index (χ1v) is 8.85. The summed E-state index contributed by atoms with van der Waals surface area (Å²) in [4.78, 5) is 0.297. The molecule has 0 aliphatic carbocycles. The molecule has 0 saturated carbocycles. The molecule has 1 aromatic heterocycles. The Kier molecular flexibility index (Phi) is 3.96. The molecule has 22 heavy (non-hydrogen) atoms. The van der Waals surface area contributed by atoms with E-state index in [0.717, 1.165) is 12.8 Å². The maximum absolute atomic E-state index is 13.0. The minimum atomic E-state index is -3.58. The molecule has 1 aliphatic rings. The molecule has 1 fully saturated rings. The molecule has 3 rings (SSSR count). The number of halogens is 1. The first-order valence-electron chi connectivity index (χ1n) is 7.03. The Bertz CT molecular complexity index is 803. The lowest BCUT2D eigenvalue weighted by Gasteiger charge is -2.24. The van der Waals surface area contributed by atoms with Gasteiger partial charge >= 0.3 is 0 Å². The molecule has 0 amide bonds. The Balaban J connectivity index is 2.03. The monoisotopic (exact) mass is 340 g/mol. The van der Waals surface area contributed by atoms with Crippen LogP contribution in [0.25, 0.3) is 0 Å². The van der Waals surface area contributed by atoms with Gasteiger partial charge in [-0.3, -0.25) is 0 Å². The van der Waals surface area contributed by atoms with E-state index in [-0.39, 0.29) is 6.04 Å². The van der Waals surface area contributed by atoms with Gasteiger partial charge in [-0.2, -0.15) is 4.31 Å². The van der Waals surface area contributed by atoms with E-state index in [1.54, 1.807) is 36.0 Å². The fourth-order valence-electron chi connectivity index (χ4n) is 2.91. The lowest BCUT2D eigenvalue weighted by molar-refractivity contribution is 0.376. The number of aromatic nitrogens is 3. The smallest absolute Gasteiger partial charge is 0.244 e. The fraction of sp³-hybridized carbons (Fsp3) is 0.429. The zero-order valence-electron chi connectivity index (χ0n) is 12.4. The molecule has 1 aromatic carbocycles. The summed E-state index contributed by atoms with van der Waals surface area (Å²) >= 11 is 5.93. The van der Waals surface area contributed by atoms with Crippen LogP contribution in [0.1, 0.15) is 30.3 Å². The van der Waals surface area contributed by atoms with Gasteiger partial charge in [0.05, 0.1) is 10.9 Å². The zero-order chi connectivity index (χ0) is 15.9. The maximum atomic E-state index is 13.0. The van der Waals surface area contributed by atoms with Crippen LogP contribution in [0.2, 0.25) is 5.02 Å². The van der Waals surface area contributed by atoms with Gasteiger partial charge in [-0.1, -0.05) is 11.6 Å². The summed E-state index contributed by atoms with van der Waals surface area (Å²) in [7, 11) is -1.76. The molecule has 1 unspecified atom stereocenters. The van der Waals surface area contributed by atoms with Gasteiger partial charge in [-0.15, -0.1) is 10.2 Å². The minimum Gasteiger partial charge on any atom is -0.319 e. The van der Waals surface area contributed by atoms with E-state index >= 15 is 0 Å². The van der Waals surface area contributed by atoms with Crippen molar-refractivity contribution in [1.29, 1.82) is 0 Å². The molecule has 0 spiro atoms. The van der Waals surface area contributed by atoms with E-state index in [9.17, 15) is 8.42 Å². The van der Waals surface area contributed by atoms with Crippen molar-refractivity contribution in [3.05, 3.63) is 40.9 Å². The van der Waals surface area contributed by atoms with E-state index in [1.165, 1.54) is 4.31 Å². The number of benzene rings is 1. The van der Waals surface area contributed by atoms with Gasteiger partial charge in [0, 0.05) is 18.6 Å². The second kappa shape index (κ2) is 5.64. The Hall–Kier alpha value is -1.44. The molecule has 6 nitrogen and oxygen atoms in total. The number of aryl methyl sites for hydroxylation is 2. The van der Waals surface area contributed by atoms with Crippen LogP contribution in [0.5, 0.6) is 0 Å². The van der Waals surface area contributed by atoms with Crippen molar-refractivity contribution in [3.63, 3.8) is 0 Å². The first kappa shape index (κ1) is 15.5. The molecule has 0 radical (unpaired) electrons. The van der Waals surface area contributed by atoms with Crippen LogP contribution in [0, 0.1) is 6.92 Å². The quantitative estimate of drug-likeness (QED) is 0.859. The molecule has 1 aliphatic heterocycles. The highest BCUT2D eigenvalue weighted by molar-refractivity contribution is 7.89. The number of rotatable bonds is 3. The van der Waals surface area contributed by atoms with E-state index in [1.807, 2.05) is 7.05 Å². The van der Waals surface area contributed by atoms with Gasteiger partial charge in [0.1, 0.15) is 6.33 Å². The van der Waals surface area contributed by atoms with Crippen LogP contribution in [0.15, 0.2) is 29.4 Å². The molecule has 1 saturated heterocycles. The third-order valence-corrected chi connectivity index (χ3v) is 6.28. The van der Waals surface area contributed by atoms with Gasteiger partial charge in [0.25, 0.3) is 0 Å². The van der Waals surface area contributed by atoms with Crippen LogP contribution in [0.4, 0.5) is 0 Å². The summed E-state index contributed by atoms with van der Waals surface area (Å²) in [6.07, 6.45) is 3.15. The second-order valence-corrected chi connectivity index (χ2v) is 7.78. The molecule has 1 atom stereocenters. The molecule has 2 aromatic rings. The van der Waals surface area contributed by atoms with Gasteiger partial charge in [0.15, 0.2) is 5.82 Å². The first-order chi connectivity index (χ1) is 10.4. The standard InChI is InChI=1S/C14H17ClN4O2S/c1-10-8-11(15)5-6-13(10)22(20,21)19-7-3-4-12(19)14-17-16-9-18(14)2/h5-6,8-9,12H,3-4,7H2,1-2H3. The number of nitrogens with zero attached hydrogens (tertiary/aromatic N) is 4. The summed E-state index contributed by atoms with van der Waals surface area (Å²) in [5.41, 5.74) is 0.649. The van der Waals surface area contributed by atoms with E-state index in [4.69, 9.17) is 11.6 Å². The highest BCUT2D eigenvalue weighted by Gasteiger charge is 2.38. The molecule has 0 bridgehead atoms. The molecule has 8 heteroatoms. The molecule has 0 N–H and O–H groups in total. The third-order valence-electron chi connectivity index (χ3n) is 3.97. The highest BCUT2D eigenvalue weighted by Crippen LogP contribution is 2.36. The minimum absolute atomic E-state index is 0.271. The van der Waals surface area contributed by atoms with Crippen molar-refractivity contribution < 1.29 is 8.42 Å². The normalized spacial score (nSPS) is 19.7. The van der Waals surface area contributed by atoms with Gasteiger partial charge in [0.2, 0.25) is 10.0 Å². The summed E-state index contributed by atoms with van der Waals surface area (Å²) < 4.78 is 29.3. The molecular weight excluding hydrogens is 324 g/mol. The van der Waals surface area contributed by atoms with Gasteiger partial charge in [-0.05, 0) is 43.5 Å². The van der Waals surface area contributed by atoms with E-state index in [0.29, 0.717) is 27.9 Å². The van der Waals surface area contributed by atoms with Crippen LogP contribution < -0.4 is 0 Å². The summed E-state index contributed by atoms with van der Waals surface area (Å²) in [6.45, 7) is 2.24. The summed E-state index contributed by atoms with van der Waals surface area (Å²) in [5.74, 6) is 0.674. The Morgan fingerprint density at radius 1 is 1.36 bits per heavy atom. The number of hydrogen-bond acceptors (Lipinski definition) is 4. The third kappa shape index (κ3) is 2.53. The number of sulfonamides is 1. The van der Waals surface area contributed by atoms with Crippen molar-refractivity contribution in [2.24, 2.45) is 7.05 Å². The molecule has 2 heterocycles. The van der Waals surface area contributed by atoms with Crippen molar-refractivity contribution in [1.82, 2.24) is 19.1 Å². The average Bonchev–Trinajstić information content (AvgIpc) is 3.06.